The molecule has 6 heteroatoms. The van der Waals surface area contributed by atoms with E-state index in [9.17, 15) is 9.18 Å². The lowest BCUT2D eigenvalue weighted by Gasteiger charge is -2.31. The molecule has 0 bridgehead atoms. The van der Waals surface area contributed by atoms with Crippen molar-refractivity contribution in [3.05, 3.63) is 47.8 Å². The maximum absolute atomic E-state index is 12.8. The van der Waals surface area contributed by atoms with Gasteiger partial charge in [0.1, 0.15) is 18.0 Å². The molecule has 1 aromatic carbocycles. The third-order valence-corrected chi connectivity index (χ3v) is 4.21. The quantitative estimate of drug-likeness (QED) is 0.942. The standard InChI is InChI=1S/C16H19FN4O/c17-14-4-1-12(2-5-14)3-6-15(22)21-9-7-13(8-10-21)16-18-11-19-20-16/h1-2,4-5,11,13H,3,6-10H2,(H,18,19,20). The number of nitrogens with one attached hydrogen (secondary N) is 1. The zero-order chi connectivity index (χ0) is 15.4. The van der Waals surface area contributed by atoms with Crippen LogP contribution in [0.2, 0.25) is 0 Å². The predicted molar refractivity (Wildman–Crippen MR) is 79.7 cm³/mol. The summed E-state index contributed by atoms with van der Waals surface area (Å²) in [5.74, 6) is 1.20. The van der Waals surface area contributed by atoms with E-state index in [1.54, 1.807) is 12.1 Å². The molecule has 22 heavy (non-hydrogen) atoms. The van der Waals surface area contributed by atoms with E-state index in [0.29, 0.717) is 18.8 Å². The van der Waals surface area contributed by atoms with Gasteiger partial charge in [0.2, 0.25) is 5.91 Å². The molecule has 1 fully saturated rings. The molecule has 0 aliphatic carbocycles. The molecule has 1 saturated heterocycles. The van der Waals surface area contributed by atoms with Crippen LogP contribution in [0.15, 0.2) is 30.6 Å². The number of benzene rings is 1. The van der Waals surface area contributed by atoms with Gasteiger partial charge in [-0.05, 0) is 37.0 Å². The van der Waals surface area contributed by atoms with E-state index in [4.69, 9.17) is 0 Å². The maximum atomic E-state index is 12.8. The zero-order valence-corrected chi connectivity index (χ0v) is 12.3. The SMILES string of the molecule is O=C(CCc1ccc(F)cc1)N1CCC(c2ncn[nH]2)CC1. The average Bonchev–Trinajstić information content (AvgIpc) is 3.09. The van der Waals surface area contributed by atoms with E-state index in [1.165, 1.54) is 18.5 Å². The van der Waals surface area contributed by atoms with Crippen LogP contribution >= 0.6 is 0 Å². The van der Waals surface area contributed by atoms with Gasteiger partial charge in [0.15, 0.2) is 0 Å². The lowest BCUT2D eigenvalue weighted by atomic mass is 9.96. The fraction of sp³-hybridized carbons (Fsp3) is 0.438. The number of hydrogen-bond acceptors (Lipinski definition) is 3. The van der Waals surface area contributed by atoms with Gasteiger partial charge in [-0.25, -0.2) is 9.37 Å². The molecule has 5 nitrogen and oxygen atoms in total. The monoisotopic (exact) mass is 302 g/mol. The van der Waals surface area contributed by atoms with Crippen LogP contribution in [0.25, 0.3) is 0 Å². The molecule has 1 amide bonds. The molecule has 0 radical (unpaired) electrons. The second kappa shape index (κ2) is 6.68. The molecule has 2 heterocycles. The van der Waals surface area contributed by atoms with Gasteiger partial charge >= 0.3 is 0 Å². The molecule has 0 atom stereocenters. The largest absolute Gasteiger partial charge is 0.343 e. The van der Waals surface area contributed by atoms with E-state index in [1.807, 2.05) is 4.90 Å². The molecule has 2 aromatic rings. The Balaban J connectivity index is 1.46. The Bertz CT molecular complexity index is 604. The number of piperidine rings is 1. The van der Waals surface area contributed by atoms with Crippen molar-refractivity contribution in [1.82, 2.24) is 20.1 Å². The summed E-state index contributed by atoms with van der Waals surface area (Å²) in [4.78, 5) is 18.4. The van der Waals surface area contributed by atoms with Gasteiger partial charge in [0, 0.05) is 25.4 Å². The van der Waals surface area contributed by atoms with Crippen molar-refractivity contribution in [1.29, 1.82) is 0 Å². The number of amides is 1. The van der Waals surface area contributed by atoms with Gasteiger partial charge in [0.05, 0.1) is 0 Å². The minimum absolute atomic E-state index is 0.167. The van der Waals surface area contributed by atoms with Gasteiger partial charge < -0.3 is 4.90 Å². The minimum Gasteiger partial charge on any atom is -0.343 e. The molecule has 3 rings (SSSR count). The van der Waals surface area contributed by atoms with Crippen LogP contribution < -0.4 is 0 Å². The summed E-state index contributed by atoms with van der Waals surface area (Å²) < 4.78 is 12.8. The predicted octanol–water partition coefficient (Wildman–Crippen LogP) is 2.28. The Morgan fingerprint density at radius 1 is 1.27 bits per heavy atom. The van der Waals surface area contributed by atoms with Gasteiger partial charge in [-0.1, -0.05) is 12.1 Å². The first-order valence-corrected chi connectivity index (χ1v) is 7.60. The highest BCUT2D eigenvalue weighted by molar-refractivity contribution is 5.76. The second-order valence-electron chi connectivity index (χ2n) is 5.65. The van der Waals surface area contributed by atoms with Crippen molar-refractivity contribution < 1.29 is 9.18 Å². The lowest BCUT2D eigenvalue weighted by molar-refractivity contribution is -0.132. The summed E-state index contributed by atoms with van der Waals surface area (Å²) in [6.45, 7) is 1.52. The number of nitrogens with zero attached hydrogens (tertiary/aromatic N) is 3. The Kier molecular flexibility index (Phi) is 4.46. The van der Waals surface area contributed by atoms with Crippen LogP contribution in [0, 0.1) is 5.82 Å². The number of rotatable bonds is 4. The first-order chi connectivity index (χ1) is 10.7. The van der Waals surface area contributed by atoms with Gasteiger partial charge in [-0.15, -0.1) is 0 Å². The fourth-order valence-electron chi connectivity index (χ4n) is 2.87. The average molecular weight is 302 g/mol. The van der Waals surface area contributed by atoms with Crippen LogP contribution in [0.1, 0.15) is 36.6 Å². The number of likely N-dealkylation sites (tertiary alicyclic amines) is 1. The maximum Gasteiger partial charge on any atom is 0.222 e. The molecule has 0 saturated carbocycles. The number of aryl methyl sites for hydroxylation is 1. The van der Waals surface area contributed by atoms with Crippen molar-refractivity contribution in [3.8, 4) is 0 Å². The number of halogens is 1. The van der Waals surface area contributed by atoms with E-state index in [-0.39, 0.29) is 11.7 Å². The summed E-state index contributed by atoms with van der Waals surface area (Å²) >= 11 is 0. The minimum atomic E-state index is -0.246. The number of H-pyrrole nitrogens is 1. The summed E-state index contributed by atoms with van der Waals surface area (Å²) in [6, 6.07) is 6.34. The third kappa shape index (κ3) is 3.50. The molecular formula is C16H19FN4O. The Morgan fingerprint density at radius 2 is 2.00 bits per heavy atom. The highest BCUT2D eigenvalue weighted by Gasteiger charge is 2.25. The van der Waals surface area contributed by atoms with E-state index in [2.05, 4.69) is 15.2 Å². The van der Waals surface area contributed by atoms with Crippen molar-refractivity contribution in [3.63, 3.8) is 0 Å². The normalized spacial score (nSPS) is 16.0. The fourth-order valence-corrected chi connectivity index (χ4v) is 2.87. The molecule has 0 spiro atoms. The van der Waals surface area contributed by atoms with Crippen LogP contribution in [-0.4, -0.2) is 39.1 Å². The molecule has 0 unspecified atom stereocenters. The van der Waals surface area contributed by atoms with E-state index >= 15 is 0 Å². The third-order valence-electron chi connectivity index (χ3n) is 4.21. The number of carbonyl (C=O) groups is 1. The number of aromatic nitrogens is 3. The first kappa shape index (κ1) is 14.7. The van der Waals surface area contributed by atoms with E-state index < -0.39 is 0 Å². The van der Waals surface area contributed by atoms with Crippen LogP contribution in [0.3, 0.4) is 0 Å². The number of aromatic amines is 1. The number of hydrogen-bond donors (Lipinski definition) is 1. The van der Waals surface area contributed by atoms with Gasteiger partial charge in [0.25, 0.3) is 0 Å². The zero-order valence-electron chi connectivity index (χ0n) is 12.3. The summed E-state index contributed by atoms with van der Waals surface area (Å²) in [7, 11) is 0. The Labute approximate surface area is 128 Å². The van der Waals surface area contributed by atoms with Crippen LogP contribution in [-0.2, 0) is 11.2 Å². The molecular weight excluding hydrogens is 283 g/mol. The topological polar surface area (TPSA) is 61.9 Å². The van der Waals surface area contributed by atoms with E-state index in [0.717, 1.165) is 37.3 Å². The number of carbonyl (C=O) groups excluding carboxylic acids is 1. The highest BCUT2D eigenvalue weighted by atomic mass is 19.1. The van der Waals surface area contributed by atoms with Crippen molar-refractivity contribution >= 4 is 5.91 Å². The summed E-state index contributed by atoms with van der Waals surface area (Å²) in [6.07, 6.45) is 4.48. The Hall–Kier alpha value is -2.24. The highest BCUT2D eigenvalue weighted by Crippen LogP contribution is 2.25. The smallest absolute Gasteiger partial charge is 0.222 e. The van der Waals surface area contributed by atoms with Gasteiger partial charge in [-0.2, -0.15) is 5.10 Å². The molecule has 1 N–H and O–H groups in total. The van der Waals surface area contributed by atoms with Crippen LogP contribution in [0.5, 0.6) is 0 Å². The van der Waals surface area contributed by atoms with Crippen molar-refractivity contribution in [2.24, 2.45) is 0 Å². The first-order valence-electron chi connectivity index (χ1n) is 7.60. The van der Waals surface area contributed by atoms with Crippen molar-refractivity contribution in [2.45, 2.75) is 31.6 Å². The molecule has 1 aliphatic heterocycles. The summed E-state index contributed by atoms with van der Waals surface area (Å²) in [5.41, 5.74) is 0.992. The lowest BCUT2D eigenvalue weighted by Crippen LogP contribution is -2.38. The van der Waals surface area contributed by atoms with Crippen LogP contribution in [0.4, 0.5) is 4.39 Å². The van der Waals surface area contributed by atoms with Crippen molar-refractivity contribution in [2.75, 3.05) is 13.1 Å². The summed E-state index contributed by atoms with van der Waals surface area (Å²) in [5, 5.41) is 6.78. The molecule has 1 aromatic heterocycles. The molecule has 1 aliphatic rings. The van der Waals surface area contributed by atoms with Gasteiger partial charge in [-0.3, -0.25) is 9.89 Å². The Morgan fingerprint density at radius 3 is 2.64 bits per heavy atom. The second-order valence-corrected chi connectivity index (χ2v) is 5.65. The molecule has 116 valence electrons.